The van der Waals surface area contributed by atoms with Gasteiger partial charge < -0.3 is 15.8 Å². The summed E-state index contributed by atoms with van der Waals surface area (Å²) in [7, 11) is 1.67. The van der Waals surface area contributed by atoms with Gasteiger partial charge in [-0.3, -0.25) is 9.69 Å². The second-order valence-electron chi connectivity index (χ2n) is 5.28. The highest BCUT2D eigenvalue weighted by Crippen LogP contribution is 2.24. The number of ether oxygens (including phenoxy) is 1. The minimum Gasteiger partial charge on any atom is -0.385 e. The summed E-state index contributed by atoms with van der Waals surface area (Å²) < 4.78 is 4.97. The number of carbonyl (C=O) groups excluding carboxylic acids is 1. The van der Waals surface area contributed by atoms with Gasteiger partial charge in [0.15, 0.2) is 0 Å². The van der Waals surface area contributed by atoms with Crippen LogP contribution in [0, 0.1) is 0 Å². The van der Waals surface area contributed by atoms with E-state index in [0.717, 1.165) is 13.0 Å². The van der Waals surface area contributed by atoms with Crippen LogP contribution in [0.15, 0.2) is 0 Å². The Bertz CT molecular complexity index is 255. The Morgan fingerprint density at radius 3 is 2.74 bits per heavy atom. The highest BCUT2D eigenvalue weighted by atomic mass is 16.5. The molecule has 1 aliphatic rings. The Morgan fingerprint density at radius 1 is 1.47 bits per heavy atom. The zero-order valence-electron chi connectivity index (χ0n) is 12.4. The fourth-order valence-electron chi connectivity index (χ4n) is 2.80. The lowest BCUT2D eigenvalue weighted by atomic mass is 10.1. The SMILES string of the molecule is COCCCNC(=O)C(C)N(CCN)C1CCCC1. The van der Waals surface area contributed by atoms with E-state index in [1.54, 1.807) is 7.11 Å². The van der Waals surface area contributed by atoms with Gasteiger partial charge in [-0.05, 0) is 26.2 Å². The average molecular weight is 271 g/mol. The number of rotatable bonds is 9. The monoisotopic (exact) mass is 271 g/mol. The lowest BCUT2D eigenvalue weighted by molar-refractivity contribution is -0.126. The van der Waals surface area contributed by atoms with E-state index >= 15 is 0 Å². The molecule has 0 aromatic carbocycles. The zero-order chi connectivity index (χ0) is 14.1. The normalized spacial score (nSPS) is 17.9. The first-order valence-corrected chi connectivity index (χ1v) is 7.43. The van der Waals surface area contributed by atoms with Gasteiger partial charge in [-0.25, -0.2) is 0 Å². The molecule has 0 aromatic rings. The van der Waals surface area contributed by atoms with Crippen LogP contribution >= 0.6 is 0 Å². The predicted octanol–water partition coefficient (Wildman–Crippen LogP) is 0.731. The van der Waals surface area contributed by atoms with Crippen LogP contribution in [0.25, 0.3) is 0 Å². The van der Waals surface area contributed by atoms with E-state index in [1.807, 2.05) is 6.92 Å². The maximum absolute atomic E-state index is 12.1. The third-order valence-corrected chi connectivity index (χ3v) is 3.88. The van der Waals surface area contributed by atoms with Crippen LogP contribution in [0.1, 0.15) is 39.0 Å². The van der Waals surface area contributed by atoms with E-state index in [-0.39, 0.29) is 11.9 Å². The molecule has 19 heavy (non-hydrogen) atoms. The van der Waals surface area contributed by atoms with Gasteiger partial charge in [0, 0.05) is 39.4 Å². The Balaban J connectivity index is 2.40. The first-order valence-electron chi connectivity index (χ1n) is 7.43. The molecule has 112 valence electrons. The van der Waals surface area contributed by atoms with Gasteiger partial charge in [0.25, 0.3) is 0 Å². The minimum absolute atomic E-state index is 0.0887. The summed E-state index contributed by atoms with van der Waals surface area (Å²) in [4.78, 5) is 14.4. The molecule has 0 aromatic heterocycles. The van der Waals surface area contributed by atoms with E-state index in [4.69, 9.17) is 10.5 Å². The molecule has 0 bridgehead atoms. The molecule has 5 nitrogen and oxygen atoms in total. The highest BCUT2D eigenvalue weighted by Gasteiger charge is 2.29. The van der Waals surface area contributed by atoms with E-state index < -0.39 is 0 Å². The van der Waals surface area contributed by atoms with Crippen molar-refractivity contribution in [3.05, 3.63) is 0 Å². The summed E-state index contributed by atoms with van der Waals surface area (Å²) in [6.45, 7) is 4.76. The van der Waals surface area contributed by atoms with Crippen molar-refractivity contribution >= 4 is 5.91 Å². The summed E-state index contributed by atoms with van der Waals surface area (Å²) in [6.07, 6.45) is 5.79. The number of carbonyl (C=O) groups is 1. The number of nitrogens with zero attached hydrogens (tertiary/aromatic N) is 1. The minimum atomic E-state index is -0.0887. The topological polar surface area (TPSA) is 67.6 Å². The van der Waals surface area contributed by atoms with Gasteiger partial charge in [0.05, 0.1) is 6.04 Å². The Hall–Kier alpha value is -0.650. The van der Waals surface area contributed by atoms with Gasteiger partial charge in [0.1, 0.15) is 0 Å². The Morgan fingerprint density at radius 2 is 2.16 bits per heavy atom. The number of nitrogens with two attached hydrogens (primary N) is 1. The highest BCUT2D eigenvalue weighted by molar-refractivity contribution is 5.81. The van der Waals surface area contributed by atoms with Crippen molar-refractivity contribution in [2.24, 2.45) is 5.73 Å². The van der Waals surface area contributed by atoms with Crippen molar-refractivity contribution in [2.45, 2.75) is 51.1 Å². The summed E-state index contributed by atoms with van der Waals surface area (Å²) >= 11 is 0. The number of hydrogen-bond donors (Lipinski definition) is 2. The molecule has 0 heterocycles. The van der Waals surface area contributed by atoms with Crippen LogP contribution in [-0.2, 0) is 9.53 Å². The Labute approximate surface area is 116 Å². The molecule has 1 fully saturated rings. The van der Waals surface area contributed by atoms with Gasteiger partial charge in [-0.15, -0.1) is 0 Å². The molecule has 1 aliphatic carbocycles. The summed E-state index contributed by atoms with van der Waals surface area (Å²) in [6, 6.07) is 0.442. The van der Waals surface area contributed by atoms with Crippen LogP contribution in [0.2, 0.25) is 0 Å². The van der Waals surface area contributed by atoms with Crippen molar-refractivity contribution in [1.82, 2.24) is 10.2 Å². The van der Waals surface area contributed by atoms with Crippen LogP contribution < -0.4 is 11.1 Å². The van der Waals surface area contributed by atoms with Crippen LogP contribution in [0.3, 0.4) is 0 Å². The maximum atomic E-state index is 12.1. The molecule has 1 amide bonds. The van der Waals surface area contributed by atoms with Gasteiger partial charge in [-0.2, -0.15) is 0 Å². The van der Waals surface area contributed by atoms with Gasteiger partial charge in [0.2, 0.25) is 5.91 Å². The molecule has 3 N–H and O–H groups in total. The molecule has 1 rings (SSSR count). The van der Waals surface area contributed by atoms with Gasteiger partial charge in [-0.1, -0.05) is 12.8 Å². The molecule has 0 radical (unpaired) electrons. The number of methoxy groups -OCH3 is 1. The molecule has 1 saturated carbocycles. The van der Waals surface area contributed by atoms with Crippen molar-refractivity contribution < 1.29 is 9.53 Å². The first kappa shape index (κ1) is 16.4. The predicted molar refractivity (Wildman–Crippen MR) is 77.0 cm³/mol. The molecule has 0 spiro atoms. The van der Waals surface area contributed by atoms with Crippen LogP contribution in [-0.4, -0.2) is 56.2 Å². The van der Waals surface area contributed by atoms with E-state index in [9.17, 15) is 4.79 Å². The average Bonchev–Trinajstić information content (AvgIpc) is 2.93. The van der Waals surface area contributed by atoms with E-state index in [0.29, 0.717) is 25.7 Å². The quantitative estimate of drug-likeness (QED) is 0.607. The second-order valence-corrected chi connectivity index (χ2v) is 5.28. The summed E-state index contributed by atoms with van der Waals surface area (Å²) in [5.41, 5.74) is 5.68. The largest absolute Gasteiger partial charge is 0.385 e. The third kappa shape index (κ3) is 5.47. The summed E-state index contributed by atoms with van der Waals surface area (Å²) in [5.74, 6) is 0.108. The molecule has 1 unspecified atom stereocenters. The van der Waals surface area contributed by atoms with Crippen molar-refractivity contribution in [2.75, 3.05) is 33.4 Å². The zero-order valence-corrected chi connectivity index (χ0v) is 12.4. The molecule has 1 atom stereocenters. The van der Waals surface area contributed by atoms with Crippen molar-refractivity contribution in [3.8, 4) is 0 Å². The van der Waals surface area contributed by atoms with Crippen LogP contribution in [0.4, 0.5) is 0 Å². The first-order chi connectivity index (χ1) is 9.20. The van der Waals surface area contributed by atoms with Crippen molar-refractivity contribution in [3.63, 3.8) is 0 Å². The fourth-order valence-corrected chi connectivity index (χ4v) is 2.80. The second kappa shape index (κ2) is 9.28. The van der Waals surface area contributed by atoms with Gasteiger partial charge >= 0.3 is 0 Å². The molecular formula is C14H29N3O2. The lowest BCUT2D eigenvalue weighted by Gasteiger charge is -2.33. The molecule has 0 saturated heterocycles. The Kier molecular flexibility index (Phi) is 8.02. The summed E-state index contributed by atoms with van der Waals surface area (Å²) in [5, 5.41) is 2.98. The molecule has 5 heteroatoms. The number of hydrogen-bond acceptors (Lipinski definition) is 4. The molecular weight excluding hydrogens is 242 g/mol. The van der Waals surface area contributed by atoms with Crippen LogP contribution in [0.5, 0.6) is 0 Å². The standard InChI is InChI=1S/C14H29N3O2/c1-12(14(18)16-9-5-11-19-2)17(10-8-15)13-6-3-4-7-13/h12-13H,3-11,15H2,1-2H3,(H,16,18). The molecule has 0 aliphatic heterocycles. The fraction of sp³-hybridized carbons (Fsp3) is 0.929. The lowest BCUT2D eigenvalue weighted by Crippen LogP contribution is -2.50. The van der Waals surface area contributed by atoms with Crippen molar-refractivity contribution in [1.29, 1.82) is 0 Å². The number of nitrogens with one attached hydrogen (secondary N) is 1. The van der Waals surface area contributed by atoms with E-state index in [1.165, 1.54) is 25.7 Å². The smallest absolute Gasteiger partial charge is 0.237 e. The maximum Gasteiger partial charge on any atom is 0.237 e. The van der Waals surface area contributed by atoms with E-state index in [2.05, 4.69) is 10.2 Å². The third-order valence-electron chi connectivity index (χ3n) is 3.88. The number of amides is 1.